The molecule has 0 saturated carbocycles. The van der Waals surface area contributed by atoms with Crippen LogP contribution in [0.1, 0.15) is 15.9 Å². The molecule has 0 radical (unpaired) electrons. The van der Waals surface area contributed by atoms with Crippen LogP contribution in [0.25, 0.3) is 6.08 Å². The van der Waals surface area contributed by atoms with Gasteiger partial charge < -0.3 is 9.84 Å². The molecule has 0 fully saturated rings. The summed E-state index contributed by atoms with van der Waals surface area (Å²) in [6.07, 6.45) is 3.79. The van der Waals surface area contributed by atoms with Gasteiger partial charge in [-0.05, 0) is 23.8 Å². The quantitative estimate of drug-likeness (QED) is 0.888. The Kier molecular flexibility index (Phi) is 4.34. The second kappa shape index (κ2) is 6.40. The number of benzene rings is 2. The van der Waals surface area contributed by atoms with Crippen LogP contribution in [0.3, 0.4) is 0 Å². The molecule has 0 aliphatic heterocycles. The lowest BCUT2D eigenvalue weighted by atomic mass is 10.2. The van der Waals surface area contributed by atoms with Gasteiger partial charge in [-0.3, -0.25) is 0 Å². The molecule has 0 spiro atoms. The van der Waals surface area contributed by atoms with E-state index in [1.807, 2.05) is 42.5 Å². The van der Waals surface area contributed by atoms with E-state index in [9.17, 15) is 4.79 Å². The standard InChI is InChI=1S/C16H14O3/c17-16(18)14-10-4-5-11-15(14)19-12-6-9-13-7-2-1-3-8-13/h1-11H,12H2,(H,17,18)/b9-6+. The second-order valence-electron chi connectivity index (χ2n) is 3.93. The molecule has 2 aromatic rings. The molecule has 19 heavy (non-hydrogen) atoms. The van der Waals surface area contributed by atoms with Crippen LogP contribution in [-0.4, -0.2) is 17.7 Å². The van der Waals surface area contributed by atoms with E-state index in [2.05, 4.69) is 0 Å². The molecule has 0 aliphatic carbocycles. The van der Waals surface area contributed by atoms with Crippen LogP contribution in [0.15, 0.2) is 60.7 Å². The minimum absolute atomic E-state index is 0.176. The number of carboxylic acid groups (broad SMARTS) is 1. The Hall–Kier alpha value is -2.55. The monoisotopic (exact) mass is 254 g/mol. The summed E-state index contributed by atoms with van der Waals surface area (Å²) in [5.74, 6) is -0.602. The summed E-state index contributed by atoms with van der Waals surface area (Å²) in [5, 5.41) is 9.00. The van der Waals surface area contributed by atoms with Crippen molar-refractivity contribution in [2.75, 3.05) is 6.61 Å². The Balaban J connectivity index is 1.96. The highest BCUT2D eigenvalue weighted by Crippen LogP contribution is 2.17. The van der Waals surface area contributed by atoms with Crippen LogP contribution in [0.2, 0.25) is 0 Å². The molecule has 0 bridgehead atoms. The van der Waals surface area contributed by atoms with Crippen LogP contribution in [0, 0.1) is 0 Å². The van der Waals surface area contributed by atoms with Gasteiger partial charge in [0.25, 0.3) is 0 Å². The van der Waals surface area contributed by atoms with Crippen molar-refractivity contribution < 1.29 is 14.6 Å². The second-order valence-corrected chi connectivity index (χ2v) is 3.93. The fourth-order valence-corrected chi connectivity index (χ4v) is 1.66. The summed E-state index contributed by atoms with van der Waals surface area (Å²) in [6, 6.07) is 16.5. The summed E-state index contributed by atoms with van der Waals surface area (Å²) in [4.78, 5) is 11.0. The maximum absolute atomic E-state index is 11.0. The topological polar surface area (TPSA) is 46.5 Å². The summed E-state index contributed by atoms with van der Waals surface area (Å²) in [7, 11) is 0. The van der Waals surface area contributed by atoms with E-state index in [0.29, 0.717) is 12.4 Å². The Morgan fingerprint density at radius 2 is 1.74 bits per heavy atom. The smallest absolute Gasteiger partial charge is 0.339 e. The lowest BCUT2D eigenvalue weighted by molar-refractivity contribution is 0.0693. The van der Waals surface area contributed by atoms with E-state index in [-0.39, 0.29) is 5.56 Å². The largest absolute Gasteiger partial charge is 0.489 e. The Bertz CT molecular complexity index is 574. The molecule has 0 aromatic heterocycles. The first-order valence-corrected chi connectivity index (χ1v) is 5.94. The third kappa shape index (κ3) is 3.71. The summed E-state index contributed by atoms with van der Waals surface area (Å²) in [6.45, 7) is 0.333. The minimum atomic E-state index is -0.984. The van der Waals surface area contributed by atoms with E-state index >= 15 is 0 Å². The Labute approximate surface area is 111 Å². The summed E-state index contributed by atoms with van der Waals surface area (Å²) < 4.78 is 5.45. The van der Waals surface area contributed by atoms with Gasteiger partial charge in [0.1, 0.15) is 17.9 Å². The first-order valence-electron chi connectivity index (χ1n) is 5.94. The zero-order chi connectivity index (χ0) is 13.5. The molecular weight excluding hydrogens is 240 g/mol. The molecule has 1 N–H and O–H groups in total. The molecule has 0 atom stereocenters. The molecule has 3 nitrogen and oxygen atoms in total. The number of para-hydroxylation sites is 1. The number of rotatable bonds is 5. The number of hydrogen-bond donors (Lipinski definition) is 1. The SMILES string of the molecule is O=C(O)c1ccccc1OC/C=C/c1ccccc1. The van der Waals surface area contributed by atoms with Crippen molar-refractivity contribution in [1.82, 2.24) is 0 Å². The maximum atomic E-state index is 11.0. The van der Waals surface area contributed by atoms with Crippen molar-refractivity contribution in [3.8, 4) is 5.75 Å². The number of ether oxygens (including phenoxy) is 1. The van der Waals surface area contributed by atoms with E-state index in [1.165, 1.54) is 6.07 Å². The number of carboxylic acids is 1. The highest BCUT2D eigenvalue weighted by molar-refractivity contribution is 5.90. The predicted molar refractivity (Wildman–Crippen MR) is 74.4 cm³/mol. The van der Waals surface area contributed by atoms with Gasteiger partial charge in [0, 0.05) is 0 Å². The third-order valence-electron chi connectivity index (χ3n) is 2.56. The van der Waals surface area contributed by atoms with Gasteiger partial charge in [0.15, 0.2) is 0 Å². The number of hydrogen-bond acceptors (Lipinski definition) is 2. The number of carbonyl (C=O) groups is 1. The zero-order valence-corrected chi connectivity index (χ0v) is 10.3. The van der Waals surface area contributed by atoms with Crippen molar-refractivity contribution in [3.63, 3.8) is 0 Å². The average Bonchev–Trinajstić information content (AvgIpc) is 2.45. The Morgan fingerprint density at radius 3 is 2.47 bits per heavy atom. The van der Waals surface area contributed by atoms with Gasteiger partial charge >= 0.3 is 5.97 Å². The van der Waals surface area contributed by atoms with Crippen LogP contribution >= 0.6 is 0 Å². The maximum Gasteiger partial charge on any atom is 0.339 e. The summed E-state index contributed by atoms with van der Waals surface area (Å²) >= 11 is 0. The van der Waals surface area contributed by atoms with Gasteiger partial charge in [0.05, 0.1) is 0 Å². The first-order chi connectivity index (χ1) is 9.27. The molecule has 96 valence electrons. The minimum Gasteiger partial charge on any atom is -0.489 e. The third-order valence-corrected chi connectivity index (χ3v) is 2.56. The van der Waals surface area contributed by atoms with E-state index in [0.717, 1.165) is 5.56 Å². The predicted octanol–water partition coefficient (Wildman–Crippen LogP) is 3.48. The summed E-state index contributed by atoms with van der Waals surface area (Å²) in [5.41, 5.74) is 1.26. The van der Waals surface area contributed by atoms with Crippen molar-refractivity contribution in [1.29, 1.82) is 0 Å². The van der Waals surface area contributed by atoms with Gasteiger partial charge in [-0.25, -0.2) is 4.79 Å². The van der Waals surface area contributed by atoms with Crippen LogP contribution in [0.4, 0.5) is 0 Å². The molecule has 0 saturated heterocycles. The molecular formula is C16H14O3. The lowest BCUT2D eigenvalue weighted by Crippen LogP contribution is -2.02. The van der Waals surface area contributed by atoms with E-state index in [1.54, 1.807) is 18.2 Å². The highest BCUT2D eigenvalue weighted by atomic mass is 16.5. The van der Waals surface area contributed by atoms with Crippen molar-refractivity contribution in [3.05, 3.63) is 71.8 Å². The van der Waals surface area contributed by atoms with E-state index in [4.69, 9.17) is 9.84 Å². The molecule has 2 aromatic carbocycles. The fraction of sp³-hybridized carbons (Fsp3) is 0.0625. The van der Waals surface area contributed by atoms with Gasteiger partial charge in [-0.15, -0.1) is 0 Å². The van der Waals surface area contributed by atoms with Crippen molar-refractivity contribution >= 4 is 12.0 Å². The van der Waals surface area contributed by atoms with Gasteiger partial charge in [-0.1, -0.05) is 48.5 Å². The van der Waals surface area contributed by atoms with Crippen LogP contribution in [0.5, 0.6) is 5.75 Å². The lowest BCUT2D eigenvalue weighted by Gasteiger charge is -2.06. The normalized spacial score (nSPS) is 10.5. The molecule has 3 heteroatoms. The fourth-order valence-electron chi connectivity index (χ4n) is 1.66. The molecule has 0 unspecified atom stereocenters. The van der Waals surface area contributed by atoms with Crippen molar-refractivity contribution in [2.45, 2.75) is 0 Å². The molecule has 0 heterocycles. The van der Waals surface area contributed by atoms with Gasteiger partial charge in [-0.2, -0.15) is 0 Å². The molecule has 2 rings (SSSR count). The Morgan fingerprint density at radius 1 is 1.05 bits per heavy atom. The van der Waals surface area contributed by atoms with Gasteiger partial charge in [0.2, 0.25) is 0 Å². The van der Waals surface area contributed by atoms with Crippen LogP contribution in [-0.2, 0) is 0 Å². The van der Waals surface area contributed by atoms with Crippen molar-refractivity contribution in [2.24, 2.45) is 0 Å². The number of aromatic carboxylic acids is 1. The average molecular weight is 254 g/mol. The first kappa shape index (κ1) is 12.9. The zero-order valence-electron chi connectivity index (χ0n) is 10.3. The van der Waals surface area contributed by atoms with Crippen LogP contribution < -0.4 is 4.74 Å². The van der Waals surface area contributed by atoms with E-state index < -0.39 is 5.97 Å². The molecule has 0 amide bonds. The highest BCUT2D eigenvalue weighted by Gasteiger charge is 2.08. The molecule has 0 aliphatic rings.